The first-order chi connectivity index (χ1) is 6.96. The van der Waals surface area contributed by atoms with E-state index in [0.717, 1.165) is 0 Å². The van der Waals surface area contributed by atoms with Gasteiger partial charge in [-0.2, -0.15) is 13.2 Å². The Labute approximate surface area is 87.1 Å². The van der Waals surface area contributed by atoms with E-state index in [-0.39, 0.29) is 22.6 Å². The maximum atomic E-state index is 12.1. The molecule has 0 aliphatic rings. The van der Waals surface area contributed by atoms with Gasteiger partial charge in [-0.25, -0.2) is 4.98 Å². The van der Waals surface area contributed by atoms with E-state index in [9.17, 15) is 13.2 Å². The van der Waals surface area contributed by atoms with Gasteiger partial charge in [-0.1, -0.05) is 0 Å². The molecule has 2 aromatic rings. The number of fused-ring (bicyclic) bond motifs is 1. The molecular weight excluding hydrogens is 227 g/mol. The first kappa shape index (κ1) is 10.2. The lowest BCUT2D eigenvalue weighted by Crippen LogP contribution is -2.03. The van der Waals surface area contributed by atoms with Gasteiger partial charge in [-0.3, -0.25) is 0 Å². The first-order valence-corrected chi connectivity index (χ1v) is 4.76. The van der Waals surface area contributed by atoms with E-state index in [2.05, 4.69) is 4.98 Å². The summed E-state index contributed by atoms with van der Waals surface area (Å²) in [6.45, 7) is 0. The van der Waals surface area contributed by atoms with E-state index in [1.165, 1.54) is 10.6 Å². The molecule has 0 saturated carbocycles. The maximum absolute atomic E-state index is 12.1. The van der Waals surface area contributed by atoms with E-state index in [4.69, 9.17) is 5.73 Å². The number of anilines is 1. The van der Waals surface area contributed by atoms with E-state index < -0.39 is 5.51 Å². The molecule has 2 aromatic heterocycles. The Balaban J connectivity index is 2.45. The molecule has 0 bridgehead atoms. The molecule has 80 valence electrons. The molecule has 0 saturated heterocycles. The molecule has 2 N–H and O–H groups in total. The molecule has 2 heterocycles. The number of thioether (sulfide) groups is 1. The number of hydrogen-bond acceptors (Lipinski definition) is 3. The van der Waals surface area contributed by atoms with Crippen molar-refractivity contribution >= 4 is 23.1 Å². The maximum Gasteiger partial charge on any atom is 0.447 e. The van der Waals surface area contributed by atoms with Crippen LogP contribution < -0.4 is 5.73 Å². The minimum absolute atomic E-state index is 0.0919. The van der Waals surface area contributed by atoms with Crippen molar-refractivity contribution in [3.05, 3.63) is 24.5 Å². The number of halogens is 3. The van der Waals surface area contributed by atoms with Gasteiger partial charge in [0, 0.05) is 24.2 Å². The van der Waals surface area contributed by atoms with Crippen LogP contribution in [0.25, 0.3) is 5.52 Å². The molecule has 0 radical (unpaired) electrons. The van der Waals surface area contributed by atoms with Crippen LogP contribution in [0.4, 0.5) is 19.0 Å². The predicted octanol–water partition coefficient (Wildman–Crippen LogP) is 2.53. The van der Waals surface area contributed by atoms with Gasteiger partial charge in [-0.05, 0) is 12.1 Å². The number of rotatable bonds is 1. The third kappa shape index (κ3) is 2.17. The number of aromatic nitrogens is 2. The minimum Gasteiger partial charge on any atom is -0.382 e. The lowest BCUT2D eigenvalue weighted by Gasteiger charge is -2.06. The molecule has 0 atom stereocenters. The summed E-state index contributed by atoms with van der Waals surface area (Å²) in [5.74, 6) is 0.0919. The normalized spacial score (nSPS) is 12.2. The third-order valence-electron chi connectivity index (χ3n) is 1.74. The van der Waals surface area contributed by atoms with Gasteiger partial charge in [0.25, 0.3) is 0 Å². The summed E-state index contributed by atoms with van der Waals surface area (Å²) in [6, 6.07) is 3.37. The summed E-state index contributed by atoms with van der Waals surface area (Å²) in [5.41, 5.74) is 1.76. The molecule has 0 aliphatic heterocycles. The van der Waals surface area contributed by atoms with Crippen LogP contribution in [-0.4, -0.2) is 14.9 Å². The van der Waals surface area contributed by atoms with E-state index in [1.807, 2.05) is 0 Å². The van der Waals surface area contributed by atoms with Gasteiger partial charge in [0.15, 0.2) is 0 Å². The fourth-order valence-electron chi connectivity index (χ4n) is 1.22. The number of alkyl halides is 3. The van der Waals surface area contributed by atoms with Crippen molar-refractivity contribution in [3.8, 4) is 0 Å². The Morgan fingerprint density at radius 2 is 2.13 bits per heavy atom. The van der Waals surface area contributed by atoms with Crippen molar-refractivity contribution in [2.75, 3.05) is 5.73 Å². The second kappa shape index (κ2) is 3.34. The zero-order chi connectivity index (χ0) is 11.1. The molecule has 7 heteroatoms. The highest BCUT2D eigenvalue weighted by molar-refractivity contribution is 8.00. The van der Waals surface area contributed by atoms with E-state index in [1.54, 1.807) is 18.3 Å². The predicted molar refractivity (Wildman–Crippen MR) is 51.5 cm³/mol. The second-order valence-corrected chi connectivity index (χ2v) is 3.90. The molecule has 0 amide bonds. The van der Waals surface area contributed by atoms with Crippen molar-refractivity contribution in [2.45, 2.75) is 10.5 Å². The van der Waals surface area contributed by atoms with Gasteiger partial charge in [0.1, 0.15) is 10.8 Å². The summed E-state index contributed by atoms with van der Waals surface area (Å²) in [7, 11) is 0. The van der Waals surface area contributed by atoms with Crippen LogP contribution in [0.2, 0.25) is 0 Å². The standard InChI is InChI=1S/C8H6F3N3S/c9-8(10,11)15-6-4-14-3-1-2-5(14)7(12)13-6/h1-4H,(H2,12,13). The monoisotopic (exact) mass is 233 g/mol. The molecule has 0 spiro atoms. The number of nitrogens with zero attached hydrogens (tertiary/aromatic N) is 2. The van der Waals surface area contributed by atoms with Crippen molar-refractivity contribution in [3.63, 3.8) is 0 Å². The van der Waals surface area contributed by atoms with Gasteiger partial charge in [0.2, 0.25) is 0 Å². The van der Waals surface area contributed by atoms with Crippen LogP contribution in [0, 0.1) is 0 Å². The van der Waals surface area contributed by atoms with Crippen LogP contribution in [-0.2, 0) is 0 Å². The molecule has 0 unspecified atom stereocenters. The Bertz CT molecular complexity index is 491. The highest BCUT2D eigenvalue weighted by Crippen LogP contribution is 2.36. The fourth-order valence-corrected chi connectivity index (χ4v) is 1.76. The lowest BCUT2D eigenvalue weighted by atomic mass is 10.5. The molecule has 0 fully saturated rings. The largest absolute Gasteiger partial charge is 0.447 e. The summed E-state index contributed by atoms with van der Waals surface area (Å²) >= 11 is -0.279. The summed E-state index contributed by atoms with van der Waals surface area (Å²) in [4.78, 5) is 3.66. The Hall–Kier alpha value is -1.37. The number of hydrogen-bond donors (Lipinski definition) is 1. The average Bonchev–Trinajstić information content (AvgIpc) is 2.48. The highest BCUT2D eigenvalue weighted by Gasteiger charge is 2.30. The quantitative estimate of drug-likeness (QED) is 0.770. The number of nitrogens with two attached hydrogens (primary N) is 1. The van der Waals surface area contributed by atoms with Crippen LogP contribution in [0.1, 0.15) is 0 Å². The summed E-state index contributed by atoms with van der Waals surface area (Å²) < 4.78 is 37.7. The van der Waals surface area contributed by atoms with Gasteiger partial charge in [-0.15, -0.1) is 0 Å². The zero-order valence-corrected chi connectivity index (χ0v) is 8.14. The lowest BCUT2D eigenvalue weighted by molar-refractivity contribution is -0.0329. The smallest absolute Gasteiger partial charge is 0.382 e. The average molecular weight is 233 g/mol. The van der Waals surface area contributed by atoms with Crippen molar-refractivity contribution in [1.82, 2.24) is 9.38 Å². The fraction of sp³-hybridized carbons (Fsp3) is 0.125. The van der Waals surface area contributed by atoms with Gasteiger partial charge >= 0.3 is 5.51 Å². The third-order valence-corrected chi connectivity index (χ3v) is 2.38. The van der Waals surface area contributed by atoms with Crippen LogP contribution in [0.15, 0.2) is 29.6 Å². The Morgan fingerprint density at radius 3 is 2.80 bits per heavy atom. The zero-order valence-electron chi connectivity index (χ0n) is 7.32. The van der Waals surface area contributed by atoms with Gasteiger partial charge in [0.05, 0.1) is 5.52 Å². The minimum atomic E-state index is -4.35. The number of nitrogen functional groups attached to an aromatic ring is 1. The second-order valence-electron chi connectivity index (χ2n) is 2.81. The van der Waals surface area contributed by atoms with Crippen LogP contribution >= 0.6 is 11.8 Å². The molecule has 15 heavy (non-hydrogen) atoms. The van der Waals surface area contributed by atoms with E-state index >= 15 is 0 Å². The summed E-state index contributed by atoms with van der Waals surface area (Å²) in [5, 5.41) is -0.163. The van der Waals surface area contributed by atoms with Crippen LogP contribution in [0.3, 0.4) is 0 Å². The molecule has 0 aliphatic carbocycles. The van der Waals surface area contributed by atoms with Crippen molar-refractivity contribution < 1.29 is 13.2 Å². The molecule has 0 aromatic carbocycles. The van der Waals surface area contributed by atoms with Crippen LogP contribution in [0.5, 0.6) is 0 Å². The SMILES string of the molecule is Nc1nc(SC(F)(F)F)cn2cccc12. The Morgan fingerprint density at radius 1 is 1.40 bits per heavy atom. The molecular formula is C8H6F3N3S. The topological polar surface area (TPSA) is 43.3 Å². The first-order valence-electron chi connectivity index (χ1n) is 3.95. The molecule has 3 nitrogen and oxygen atoms in total. The van der Waals surface area contributed by atoms with Gasteiger partial charge < -0.3 is 10.1 Å². The van der Waals surface area contributed by atoms with Crippen molar-refractivity contribution in [2.24, 2.45) is 0 Å². The van der Waals surface area contributed by atoms with E-state index in [0.29, 0.717) is 5.52 Å². The Kier molecular flexibility index (Phi) is 2.26. The highest BCUT2D eigenvalue weighted by atomic mass is 32.2. The molecule has 2 rings (SSSR count). The van der Waals surface area contributed by atoms with Crippen molar-refractivity contribution in [1.29, 1.82) is 0 Å². The summed E-state index contributed by atoms with van der Waals surface area (Å²) in [6.07, 6.45) is 2.91.